The van der Waals surface area contributed by atoms with E-state index in [4.69, 9.17) is 0 Å². The first-order chi connectivity index (χ1) is 9.70. The summed E-state index contributed by atoms with van der Waals surface area (Å²) >= 11 is 1.80. The highest BCUT2D eigenvalue weighted by Gasteiger charge is 2.19. The van der Waals surface area contributed by atoms with Crippen LogP contribution in [-0.2, 0) is 17.8 Å². The number of rotatable bonds is 3. The van der Waals surface area contributed by atoms with Crippen molar-refractivity contribution < 1.29 is 9.90 Å². The first kappa shape index (κ1) is 13.1. The van der Waals surface area contributed by atoms with Crippen molar-refractivity contribution >= 4 is 22.9 Å². The summed E-state index contributed by atoms with van der Waals surface area (Å²) in [6.07, 6.45) is 1.03. The fraction of sp³-hybridized carbons (Fsp3) is 0.267. The zero-order valence-electron chi connectivity index (χ0n) is 11.0. The molecule has 20 heavy (non-hydrogen) atoms. The highest BCUT2D eigenvalue weighted by Crippen LogP contribution is 2.23. The van der Waals surface area contributed by atoms with E-state index in [1.807, 2.05) is 0 Å². The summed E-state index contributed by atoms with van der Waals surface area (Å²) in [5.74, 6) is 0.179. The maximum absolute atomic E-state index is 12.0. The van der Waals surface area contributed by atoms with Gasteiger partial charge in [0.2, 0.25) is 5.91 Å². The van der Waals surface area contributed by atoms with Gasteiger partial charge in [-0.2, -0.15) is 0 Å². The Labute approximate surface area is 121 Å². The molecule has 0 spiro atoms. The van der Waals surface area contributed by atoms with Crippen LogP contribution in [0.4, 0.5) is 5.69 Å². The van der Waals surface area contributed by atoms with E-state index < -0.39 is 0 Å². The van der Waals surface area contributed by atoms with Gasteiger partial charge in [0.15, 0.2) is 0 Å². The first-order valence-corrected chi connectivity index (χ1v) is 7.45. The molecule has 1 aliphatic heterocycles. The Balaban J connectivity index is 1.56. The zero-order valence-corrected chi connectivity index (χ0v) is 11.8. The highest BCUT2D eigenvalue weighted by molar-refractivity contribution is 7.10. The Bertz CT molecular complexity index is 607. The molecule has 0 saturated carbocycles. The van der Waals surface area contributed by atoms with E-state index in [0.717, 1.165) is 19.5 Å². The van der Waals surface area contributed by atoms with Crippen LogP contribution in [-0.4, -0.2) is 29.0 Å². The summed E-state index contributed by atoms with van der Waals surface area (Å²) in [5, 5.41) is 14.2. The molecule has 104 valence electrons. The molecule has 5 heteroatoms. The van der Waals surface area contributed by atoms with Gasteiger partial charge in [0.05, 0.1) is 6.54 Å². The number of anilines is 1. The summed E-state index contributed by atoms with van der Waals surface area (Å²) in [6.45, 7) is 2.18. The predicted molar refractivity (Wildman–Crippen MR) is 80.0 cm³/mol. The second kappa shape index (κ2) is 5.64. The van der Waals surface area contributed by atoms with Crippen molar-refractivity contribution in [2.24, 2.45) is 0 Å². The SMILES string of the molecule is O=C(CN1CCc2sccc2C1)Nc1ccc(O)cc1. The molecule has 1 aliphatic rings. The topological polar surface area (TPSA) is 52.6 Å². The molecule has 4 nitrogen and oxygen atoms in total. The molecule has 2 aromatic rings. The van der Waals surface area contributed by atoms with Crippen molar-refractivity contribution in [2.75, 3.05) is 18.4 Å². The minimum Gasteiger partial charge on any atom is -0.508 e. The molecule has 3 rings (SSSR count). The third-order valence-electron chi connectivity index (χ3n) is 3.41. The van der Waals surface area contributed by atoms with Crippen LogP contribution in [0.5, 0.6) is 5.75 Å². The van der Waals surface area contributed by atoms with Gasteiger partial charge in [-0.1, -0.05) is 0 Å². The minimum atomic E-state index is -0.0191. The number of phenolic OH excluding ortho intramolecular Hbond substituents is 1. The first-order valence-electron chi connectivity index (χ1n) is 6.57. The van der Waals surface area contributed by atoms with Crippen LogP contribution >= 0.6 is 11.3 Å². The number of aromatic hydroxyl groups is 1. The summed E-state index contributed by atoms with van der Waals surface area (Å²) in [4.78, 5) is 15.6. The zero-order chi connectivity index (χ0) is 13.9. The molecule has 1 amide bonds. The Morgan fingerprint density at radius 3 is 2.90 bits per heavy atom. The van der Waals surface area contributed by atoms with Crippen LogP contribution in [0.15, 0.2) is 35.7 Å². The molecular weight excluding hydrogens is 272 g/mol. The van der Waals surface area contributed by atoms with Crippen molar-refractivity contribution in [1.29, 1.82) is 0 Å². The van der Waals surface area contributed by atoms with E-state index in [0.29, 0.717) is 12.2 Å². The maximum atomic E-state index is 12.0. The average Bonchev–Trinajstić information content (AvgIpc) is 2.89. The van der Waals surface area contributed by atoms with Crippen LogP contribution in [0.3, 0.4) is 0 Å². The van der Waals surface area contributed by atoms with Crippen LogP contribution in [0.25, 0.3) is 0 Å². The van der Waals surface area contributed by atoms with Crippen molar-refractivity contribution in [3.63, 3.8) is 0 Å². The summed E-state index contributed by atoms with van der Waals surface area (Å²) < 4.78 is 0. The fourth-order valence-electron chi connectivity index (χ4n) is 2.39. The van der Waals surface area contributed by atoms with Gasteiger partial charge in [-0.05, 0) is 47.7 Å². The molecule has 1 aromatic carbocycles. The Hall–Kier alpha value is -1.85. The highest BCUT2D eigenvalue weighted by atomic mass is 32.1. The lowest BCUT2D eigenvalue weighted by atomic mass is 10.1. The number of thiophene rings is 1. The molecule has 0 unspecified atom stereocenters. The van der Waals surface area contributed by atoms with Gasteiger partial charge in [-0.25, -0.2) is 0 Å². The molecular formula is C15H16N2O2S. The van der Waals surface area contributed by atoms with Crippen LogP contribution in [0.2, 0.25) is 0 Å². The molecule has 0 aliphatic carbocycles. The van der Waals surface area contributed by atoms with E-state index in [2.05, 4.69) is 21.7 Å². The van der Waals surface area contributed by atoms with Gasteiger partial charge in [0.1, 0.15) is 5.75 Å². The Morgan fingerprint density at radius 1 is 1.30 bits per heavy atom. The molecule has 2 N–H and O–H groups in total. The number of carbonyl (C=O) groups is 1. The van der Waals surface area contributed by atoms with E-state index >= 15 is 0 Å². The number of amides is 1. The number of carbonyl (C=O) groups excluding carboxylic acids is 1. The molecule has 0 radical (unpaired) electrons. The third-order valence-corrected chi connectivity index (χ3v) is 4.43. The lowest BCUT2D eigenvalue weighted by Crippen LogP contribution is -2.36. The van der Waals surface area contributed by atoms with E-state index in [-0.39, 0.29) is 11.7 Å². The van der Waals surface area contributed by atoms with Gasteiger partial charge >= 0.3 is 0 Å². The lowest BCUT2D eigenvalue weighted by Gasteiger charge is -2.26. The fourth-order valence-corrected chi connectivity index (χ4v) is 3.28. The number of hydrogen-bond donors (Lipinski definition) is 2. The Kier molecular flexibility index (Phi) is 3.71. The molecule has 0 bridgehead atoms. The standard InChI is InChI=1S/C15H16N2O2S/c18-13-3-1-12(2-4-13)16-15(19)10-17-7-5-14-11(9-17)6-8-20-14/h1-4,6,8,18H,5,7,9-10H2,(H,16,19). The van der Waals surface area contributed by atoms with Gasteiger partial charge in [-0.3, -0.25) is 9.69 Å². The van der Waals surface area contributed by atoms with Gasteiger partial charge in [0.25, 0.3) is 0 Å². The van der Waals surface area contributed by atoms with E-state index in [1.165, 1.54) is 10.4 Å². The molecule has 0 saturated heterocycles. The number of phenols is 1. The van der Waals surface area contributed by atoms with Gasteiger partial charge in [-0.15, -0.1) is 11.3 Å². The van der Waals surface area contributed by atoms with Crippen molar-refractivity contribution in [1.82, 2.24) is 4.90 Å². The number of hydrogen-bond acceptors (Lipinski definition) is 4. The van der Waals surface area contributed by atoms with Crippen molar-refractivity contribution in [3.05, 3.63) is 46.2 Å². The molecule has 0 fully saturated rings. The van der Waals surface area contributed by atoms with Crippen molar-refractivity contribution in [2.45, 2.75) is 13.0 Å². The maximum Gasteiger partial charge on any atom is 0.238 e. The molecule has 0 atom stereocenters. The van der Waals surface area contributed by atoms with Crippen LogP contribution in [0.1, 0.15) is 10.4 Å². The second-order valence-electron chi connectivity index (χ2n) is 4.92. The van der Waals surface area contributed by atoms with Gasteiger partial charge < -0.3 is 10.4 Å². The van der Waals surface area contributed by atoms with E-state index in [1.54, 1.807) is 35.6 Å². The normalized spacial score (nSPS) is 14.8. The summed E-state index contributed by atoms with van der Waals surface area (Å²) in [6, 6.07) is 8.66. The molecule has 1 aromatic heterocycles. The largest absolute Gasteiger partial charge is 0.508 e. The summed E-state index contributed by atoms with van der Waals surface area (Å²) in [5.41, 5.74) is 2.06. The second-order valence-corrected chi connectivity index (χ2v) is 5.93. The number of nitrogens with one attached hydrogen (secondary N) is 1. The number of nitrogens with zero attached hydrogens (tertiary/aromatic N) is 1. The van der Waals surface area contributed by atoms with Crippen molar-refractivity contribution in [3.8, 4) is 5.75 Å². The van der Waals surface area contributed by atoms with E-state index in [9.17, 15) is 9.90 Å². The Morgan fingerprint density at radius 2 is 2.10 bits per heavy atom. The smallest absolute Gasteiger partial charge is 0.238 e. The predicted octanol–water partition coefficient (Wildman–Crippen LogP) is 2.45. The van der Waals surface area contributed by atoms with Gasteiger partial charge in [0, 0.05) is 23.7 Å². The number of benzene rings is 1. The molecule has 2 heterocycles. The van der Waals surface area contributed by atoms with Crippen LogP contribution in [0, 0.1) is 0 Å². The quantitative estimate of drug-likeness (QED) is 0.853. The monoisotopic (exact) mass is 288 g/mol. The summed E-state index contributed by atoms with van der Waals surface area (Å²) in [7, 11) is 0. The number of fused-ring (bicyclic) bond motifs is 1. The lowest BCUT2D eigenvalue weighted by molar-refractivity contribution is -0.117. The van der Waals surface area contributed by atoms with Crippen LogP contribution < -0.4 is 5.32 Å². The minimum absolute atomic E-state index is 0.0191. The third kappa shape index (κ3) is 3.00. The average molecular weight is 288 g/mol.